The van der Waals surface area contributed by atoms with Crippen LogP contribution in [0.5, 0.6) is 0 Å². The van der Waals surface area contributed by atoms with E-state index in [0.29, 0.717) is 19.4 Å². The predicted octanol–water partition coefficient (Wildman–Crippen LogP) is -0.0727. The van der Waals surface area contributed by atoms with Crippen LogP contribution in [0, 0.1) is 5.92 Å². The molecular formula is C11H20N2O5S. The summed E-state index contributed by atoms with van der Waals surface area (Å²) in [6, 6.07) is -0.450. The molecule has 1 aliphatic rings. The quantitative estimate of drug-likeness (QED) is 0.713. The fraction of sp³-hybridized carbons (Fsp3) is 0.818. The van der Waals surface area contributed by atoms with Gasteiger partial charge in [0.2, 0.25) is 0 Å². The molecule has 0 aliphatic carbocycles. The van der Waals surface area contributed by atoms with Gasteiger partial charge in [0.25, 0.3) is 0 Å². The highest BCUT2D eigenvalue weighted by Crippen LogP contribution is 2.17. The minimum absolute atomic E-state index is 0.0674. The third kappa shape index (κ3) is 5.46. The number of sulfone groups is 1. The van der Waals surface area contributed by atoms with Crippen molar-refractivity contribution >= 4 is 21.8 Å². The van der Waals surface area contributed by atoms with Crippen LogP contribution in [0.25, 0.3) is 0 Å². The van der Waals surface area contributed by atoms with Gasteiger partial charge in [-0.15, -0.1) is 0 Å². The number of nitrogens with zero attached hydrogens (tertiary/aromatic N) is 1. The number of hydrogen-bond acceptors (Lipinski definition) is 4. The monoisotopic (exact) mass is 292 g/mol. The van der Waals surface area contributed by atoms with Gasteiger partial charge in [-0.05, 0) is 18.8 Å². The van der Waals surface area contributed by atoms with E-state index in [1.165, 1.54) is 4.90 Å². The lowest BCUT2D eigenvalue weighted by atomic mass is 10.1. The second-order valence-electron chi connectivity index (χ2n) is 4.77. The lowest BCUT2D eigenvalue weighted by Gasteiger charge is -2.21. The first-order valence-corrected chi connectivity index (χ1v) is 8.11. The first-order chi connectivity index (χ1) is 8.84. The summed E-state index contributed by atoms with van der Waals surface area (Å²) in [7, 11) is -2.95. The van der Waals surface area contributed by atoms with Gasteiger partial charge in [-0.3, -0.25) is 4.79 Å². The summed E-state index contributed by atoms with van der Waals surface area (Å²) < 4.78 is 22.5. The summed E-state index contributed by atoms with van der Waals surface area (Å²) in [6.45, 7) is 2.15. The topological polar surface area (TPSA) is 104 Å². The molecule has 2 N–H and O–H groups in total. The fourth-order valence-electron chi connectivity index (χ4n) is 2.06. The lowest BCUT2D eigenvalue weighted by molar-refractivity contribution is -0.137. The molecule has 0 spiro atoms. The van der Waals surface area contributed by atoms with Gasteiger partial charge in [0.05, 0.1) is 11.5 Å². The van der Waals surface area contributed by atoms with Crippen molar-refractivity contribution in [1.82, 2.24) is 10.2 Å². The maximum atomic E-state index is 11.8. The van der Waals surface area contributed by atoms with Crippen molar-refractivity contribution in [1.29, 1.82) is 0 Å². The Balaban J connectivity index is 2.42. The first-order valence-electron chi connectivity index (χ1n) is 6.29. The number of carboxylic acids is 1. The zero-order valence-electron chi connectivity index (χ0n) is 11.0. The van der Waals surface area contributed by atoms with Crippen molar-refractivity contribution in [3.8, 4) is 0 Å². The molecule has 1 heterocycles. The highest BCUT2D eigenvalue weighted by atomic mass is 32.2. The van der Waals surface area contributed by atoms with Gasteiger partial charge in [0.15, 0.2) is 9.84 Å². The Kier molecular flexibility index (Phi) is 5.59. The van der Waals surface area contributed by atoms with Gasteiger partial charge in [-0.2, -0.15) is 0 Å². The van der Waals surface area contributed by atoms with Gasteiger partial charge in [0, 0.05) is 13.1 Å². The summed E-state index contributed by atoms with van der Waals surface area (Å²) in [6.07, 6.45) is 1.22. The molecule has 1 saturated heterocycles. The Hall–Kier alpha value is -1.31. The molecule has 110 valence electrons. The van der Waals surface area contributed by atoms with Gasteiger partial charge in [-0.1, -0.05) is 6.92 Å². The Morgan fingerprint density at radius 3 is 2.58 bits per heavy atom. The summed E-state index contributed by atoms with van der Waals surface area (Å²) in [5, 5.41) is 11.3. The molecule has 0 bridgehead atoms. The van der Waals surface area contributed by atoms with Crippen LogP contribution in [-0.2, 0) is 14.6 Å². The van der Waals surface area contributed by atoms with Crippen LogP contribution in [-0.4, -0.2) is 61.6 Å². The number of carbonyl (C=O) groups is 2. The second-order valence-corrected chi connectivity index (χ2v) is 7.00. The van der Waals surface area contributed by atoms with E-state index in [1.807, 2.05) is 6.92 Å². The van der Waals surface area contributed by atoms with E-state index in [2.05, 4.69) is 5.32 Å². The van der Waals surface area contributed by atoms with E-state index in [9.17, 15) is 18.0 Å². The molecule has 2 amide bonds. The van der Waals surface area contributed by atoms with Crippen molar-refractivity contribution in [3.63, 3.8) is 0 Å². The average Bonchev–Trinajstić information content (AvgIpc) is 2.65. The molecule has 7 nitrogen and oxygen atoms in total. The molecule has 1 rings (SSSR count). The highest BCUT2D eigenvalue weighted by molar-refractivity contribution is 7.91. The number of aliphatic carboxylic acids is 1. The molecule has 0 radical (unpaired) electrons. The standard InChI is InChI=1S/C11H20N2O5S/c1-2-4-13(7-10(14)15)11(16)12-6-9-3-5-19(17,18)8-9/h9H,2-8H2,1H3,(H,12,16)(H,14,15). The maximum Gasteiger partial charge on any atom is 0.323 e. The third-order valence-corrected chi connectivity index (χ3v) is 4.81. The van der Waals surface area contributed by atoms with Crippen LogP contribution in [0.1, 0.15) is 19.8 Å². The number of hydrogen-bond donors (Lipinski definition) is 2. The van der Waals surface area contributed by atoms with E-state index in [1.54, 1.807) is 0 Å². The number of nitrogens with one attached hydrogen (secondary N) is 1. The normalized spacial score (nSPS) is 21.0. The van der Waals surface area contributed by atoms with Gasteiger partial charge >= 0.3 is 12.0 Å². The Labute approximate surface area is 112 Å². The summed E-state index contributed by atoms with van der Waals surface area (Å²) >= 11 is 0. The van der Waals surface area contributed by atoms with Crippen molar-refractivity contribution < 1.29 is 23.1 Å². The smallest absolute Gasteiger partial charge is 0.323 e. The van der Waals surface area contributed by atoms with Crippen molar-refractivity contribution in [2.24, 2.45) is 5.92 Å². The summed E-state index contributed by atoms with van der Waals surface area (Å²) in [5.41, 5.74) is 0. The number of rotatable bonds is 6. The number of carbonyl (C=O) groups excluding carboxylic acids is 1. The minimum atomic E-state index is -2.95. The van der Waals surface area contributed by atoms with Gasteiger partial charge in [0.1, 0.15) is 6.54 Å². The largest absolute Gasteiger partial charge is 0.480 e. The van der Waals surface area contributed by atoms with Crippen molar-refractivity contribution in [2.75, 3.05) is 31.1 Å². The van der Waals surface area contributed by atoms with E-state index < -0.39 is 21.8 Å². The van der Waals surface area contributed by atoms with Crippen LogP contribution in [0.2, 0.25) is 0 Å². The minimum Gasteiger partial charge on any atom is -0.480 e. The van der Waals surface area contributed by atoms with E-state index in [0.717, 1.165) is 0 Å². The van der Waals surface area contributed by atoms with E-state index in [-0.39, 0.29) is 30.5 Å². The van der Waals surface area contributed by atoms with Crippen LogP contribution >= 0.6 is 0 Å². The number of amides is 2. The highest BCUT2D eigenvalue weighted by Gasteiger charge is 2.28. The Bertz CT molecular complexity index is 434. The second kappa shape index (κ2) is 6.74. The van der Waals surface area contributed by atoms with Crippen molar-refractivity contribution in [3.05, 3.63) is 0 Å². The molecular weight excluding hydrogens is 272 g/mol. The number of urea groups is 1. The van der Waals surface area contributed by atoms with Gasteiger partial charge in [-0.25, -0.2) is 13.2 Å². The van der Waals surface area contributed by atoms with Crippen molar-refractivity contribution in [2.45, 2.75) is 19.8 Å². The summed E-state index contributed by atoms with van der Waals surface area (Å²) in [4.78, 5) is 23.6. The average molecular weight is 292 g/mol. The molecule has 0 aromatic carbocycles. The van der Waals surface area contributed by atoms with Crippen LogP contribution in [0.3, 0.4) is 0 Å². The Morgan fingerprint density at radius 2 is 2.11 bits per heavy atom. The molecule has 19 heavy (non-hydrogen) atoms. The molecule has 0 saturated carbocycles. The van der Waals surface area contributed by atoms with Gasteiger partial charge < -0.3 is 15.3 Å². The first kappa shape index (κ1) is 15.7. The molecule has 1 aliphatic heterocycles. The third-order valence-electron chi connectivity index (χ3n) is 2.98. The number of carboxylic acid groups (broad SMARTS) is 1. The van der Waals surface area contributed by atoms with Crippen LogP contribution in [0.15, 0.2) is 0 Å². The maximum absolute atomic E-state index is 11.8. The molecule has 1 unspecified atom stereocenters. The van der Waals surface area contributed by atoms with E-state index in [4.69, 9.17) is 5.11 Å². The van der Waals surface area contributed by atoms with Crippen LogP contribution in [0.4, 0.5) is 4.79 Å². The van der Waals surface area contributed by atoms with Crippen LogP contribution < -0.4 is 5.32 Å². The lowest BCUT2D eigenvalue weighted by Crippen LogP contribution is -2.44. The molecule has 0 aromatic rings. The molecule has 8 heteroatoms. The fourth-order valence-corrected chi connectivity index (χ4v) is 3.92. The summed E-state index contributed by atoms with van der Waals surface area (Å²) in [5.74, 6) is -0.865. The van der Waals surface area contributed by atoms with E-state index >= 15 is 0 Å². The molecule has 1 fully saturated rings. The zero-order chi connectivity index (χ0) is 14.5. The SMILES string of the molecule is CCCN(CC(=O)O)C(=O)NCC1CCS(=O)(=O)C1. The molecule has 0 aromatic heterocycles. The zero-order valence-corrected chi connectivity index (χ0v) is 11.8. The Morgan fingerprint density at radius 1 is 1.42 bits per heavy atom. The predicted molar refractivity (Wildman–Crippen MR) is 69.7 cm³/mol. The molecule has 1 atom stereocenters.